The third-order valence-corrected chi connectivity index (χ3v) is 4.02. The molecule has 0 spiro atoms. The van der Waals surface area contributed by atoms with Crippen LogP contribution in [0.4, 0.5) is 0 Å². The van der Waals surface area contributed by atoms with E-state index in [4.69, 9.17) is 0 Å². The van der Waals surface area contributed by atoms with Crippen LogP contribution in [0, 0.1) is 5.92 Å². The van der Waals surface area contributed by atoms with Gasteiger partial charge in [-0.25, -0.2) is 4.98 Å². The van der Waals surface area contributed by atoms with Gasteiger partial charge in [-0.1, -0.05) is 19.9 Å². The van der Waals surface area contributed by atoms with Crippen LogP contribution in [0.5, 0.6) is 0 Å². The highest BCUT2D eigenvalue weighted by atomic mass is 16.2. The number of nitrogens with one attached hydrogen (secondary N) is 1. The highest BCUT2D eigenvalue weighted by Crippen LogP contribution is 2.18. The Hall–Kier alpha value is -2.37. The lowest BCUT2D eigenvalue weighted by atomic mass is 10.2. The molecule has 0 radical (unpaired) electrons. The van der Waals surface area contributed by atoms with Gasteiger partial charge >= 0.3 is 0 Å². The van der Waals surface area contributed by atoms with Crippen LogP contribution < -0.4 is 5.32 Å². The lowest BCUT2D eigenvalue weighted by Gasteiger charge is -2.13. The molecule has 1 aliphatic heterocycles. The Balaban J connectivity index is 1.96. The number of pyridine rings is 1. The number of hydrogen-bond acceptors (Lipinski definition) is 3. The minimum absolute atomic E-state index is 0.0888. The predicted molar refractivity (Wildman–Crippen MR) is 87.5 cm³/mol. The van der Waals surface area contributed by atoms with Gasteiger partial charge in [-0.05, 0) is 30.9 Å². The molecule has 0 aliphatic carbocycles. The van der Waals surface area contributed by atoms with E-state index in [1.807, 2.05) is 36.9 Å². The van der Waals surface area contributed by atoms with Crippen molar-refractivity contribution in [2.24, 2.45) is 5.92 Å². The normalized spacial score (nSPS) is 14.7. The van der Waals surface area contributed by atoms with E-state index in [2.05, 4.69) is 10.3 Å². The topological polar surface area (TPSA) is 66.7 Å². The molecule has 1 N–H and O–H groups in total. The highest BCUT2D eigenvalue weighted by molar-refractivity contribution is 6.02. The molecule has 0 atom stereocenters. The average Bonchev–Trinajstić information content (AvgIpc) is 3.19. The number of aromatic nitrogens is 2. The van der Waals surface area contributed by atoms with Crippen LogP contribution >= 0.6 is 0 Å². The molecular weight excluding hydrogens is 292 g/mol. The fourth-order valence-corrected chi connectivity index (χ4v) is 2.80. The van der Waals surface area contributed by atoms with E-state index in [-0.39, 0.29) is 17.6 Å². The molecule has 1 aliphatic rings. The van der Waals surface area contributed by atoms with Gasteiger partial charge in [0.05, 0.1) is 5.52 Å². The molecule has 3 heterocycles. The van der Waals surface area contributed by atoms with E-state index in [0.29, 0.717) is 23.7 Å². The van der Waals surface area contributed by atoms with Gasteiger partial charge in [-0.3, -0.25) is 14.0 Å². The zero-order chi connectivity index (χ0) is 16.4. The number of imidazole rings is 1. The maximum absolute atomic E-state index is 12.7. The van der Waals surface area contributed by atoms with Gasteiger partial charge in [0.15, 0.2) is 5.69 Å². The summed E-state index contributed by atoms with van der Waals surface area (Å²) in [6.07, 6.45) is 3.83. The van der Waals surface area contributed by atoms with Gasteiger partial charge in [0.1, 0.15) is 0 Å². The summed E-state index contributed by atoms with van der Waals surface area (Å²) >= 11 is 0. The van der Waals surface area contributed by atoms with Gasteiger partial charge in [-0.2, -0.15) is 0 Å². The van der Waals surface area contributed by atoms with Gasteiger partial charge in [0.2, 0.25) is 5.82 Å². The zero-order valence-corrected chi connectivity index (χ0v) is 13.6. The summed E-state index contributed by atoms with van der Waals surface area (Å²) < 4.78 is 1.69. The Morgan fingerprint density at radius 2 is 2.00 bits per heavy atom. The molecule has 122 valence electrons. The minimum Gasteiger partial charge on any atom is -0.349 e. The quantitative estimate of drug-likeness (QED) is 0.938. The van der Waals surface area contributed by atoms with Crippen molar-refractivity contribution in [2.45, 2.75) is 26.7 Å². The Kier molecular flexibility index (Phi) is 4.32. The summed E-state index contributed by atoms with van der Waals surface area (Å²) in [5.74, 6) is 0.286. The smallest absolute Gasteiger partial charge is 0.287 e. The van der Waals surface area contributed by atoms with E-state index in [9.17, 15) is 9.59 Å². The lowest BCUT2D eigenvalue weighted by molar-refractivity contribution is 0.0789. The van der Waals surface area contributed by atoms with Crippen LogP contribution in [0.25, 0.3) is 5.52 Å². The number of fused-ring (bicyclic) bond motifs is 1. The van der Waals surface area contributed by atoms with Crippen LogP contribution in [-0.4, -0.2) is 45.7 Å². The second-order valence-corrected chi connectivity index (χ2v) is 6.34. The molecule has 0 aromatic carbocycles. The monoisotopic (exact) mass is 314 g/mol. The van der Waals surface area contributed by atoms with E-state index in [1.165, 1.54) is 0 Å². The number of nitrogens with zero attached hydrogens (tertiary/aromatic N) is 3. The largest absolute Gasteiger partial charge is 0.349 e. The zero-order valence-electron chi connectivity index (χ0n) is 13.6. The summed E-state index contributed by atoms with van der Waals surface area (Å²) in [5, 5.41) is 2.87. The second-order valence-electron chi connectivity index (χ2n) is 6.34. The molecule has 1 fully saturated rings. The summed E-state index contributed by atoms with van der Waals surface area (Å²) in [4.78, 5) is 31.3. The Morgan fingerprint density at radius 1 is 1.26 bits per heavy atom. The predicted octanol–water partition coefficient (Wildman–Crippen LogP) is 1.96. The van der Waals surface area contributed by atoms with Crippen molar-refractivity contribution in [3.63, 3.8) is 0 Å². The molecule has 6 nitrogen and oxygen atoms in total. The standard InChI is InChI=1S/C17H22N4O2/c1-12(2)11-18-16(22)15-19-14(13-7-3-4-10-21(13)15)17(23)20-8-5-6-9-20/h3-4,7,10,12H,5-6,8-9,11H2,1-2H3,(H,18,22). The molecule has 2 aromatic rings. The van der Waals surface area contributed by atoms with Crippen LogP contribution in [0.3, 0.4) is 0 Å². The molecule has 1 saturated heterocycles. The van der Waals surface area contributed by atoms with Crippen molar-refractivity contribution in [1.29, 1.82) is 0 Å². The van der Waals surface area contributed by atoms with Crippen LogP contribution in [0.1, 0.15) is 47.8 Å². The Morgan fingerprint density at radius 3 is 2.70 bits per heavy atom. The van der Waals surface area contributed by atoms with Gasteiger partial charge in [0, 0.05) is 25.8 Å². The van der Waals surface area contributed by atoms with Crippen molar-refractivity contribution in [3.8, 4) is 0 Å². The maximum atomic E-state index is 12.7. The molecule has 0 saturated carbocycles. The molecule has 23 heavy (non-hydrogen) atoms. The molecule has 3 rings (SSSR count). The first-order chi connectivity index (χ1) is 11.1. The summed E-state index contributed by atoms with van der Waals surface area (Å²) in [7, 11) is 0. The second kappa shape index (κ2) is 6.40. The highest BCUT2D eigenvalue weighted by Gasteiger charge is 2.26. The van der Waals surface area contributed by atoms with Gasteiger partial charge in [0.25, 0.3) is 11.8 Å². The van der Waals surface area contributed by atoms with Crippen molar-refractivity contribution in [3.05, 3.63) is 35.9 Å². The van der Waals surface area contributed by atoms with E-state index >= 15 is 0 Å². The van der Waals surface area contributed by atoms with Crippen LogP contribution in [0.2, 0.25) is 0 Å². The average molecular weight is 314 g/mol. The van der Waals surface area contributed by atoms with Crippen molar-refractivity contribution >= 4 is 17.3 Å². The Bertz CT molecular complexity index is 729. The SMILES string of the molecule is CC(C)CNC(=O)c1nc(C(=O)N2CCCC2)c2ccccn12. The number of likely N-dealkylation sites (tertiary alicyclic amines) is 1. The van der Waals surface area contributed by atoms with Crippen LogP contribution in [-0.2, 0) is 0 Å². The summed E-state index contributed by atoms with van der Waals surface area (Å²) in [5.41, 5.74) is 1.04. The van der Waals surface area contributed by atoms with Gasteiger partial charge in [-0.15, -0.1) is 0 Å². The number of hydrogen-bond donors (Lipinski definition) is 1. The van der Waals surface area contributed by atoms with E-state index < -0.39 is 0 Å². The summed E-state index contributed by atoms with van der Waals surface area (Å²) in [6, 6.07) is 5.52. The molecule has 0 bridgehead atoms. The first kappa shape index (κ1) is 15.5. The molecular formula is C17H22N4O2. The molecule has 6 heteroatoms. The summed E-state index contributed by atoms with van der Waals surface area (Å²) in [6.45, 7) is 6.17. The maximum Gasteiger partial charge on any atom is 0.287 e. The molecule has 2 amide bonds. The lowest BCUT2D eigenvalue weighted by Crippen LogP contribution is -2.29. The first-order valence-corrected chi connectivity index (χ1v) is 8.12. The number of carbonyl (C=O) groups is 2. The van der Waals surface area contributed by atoms with Crippen molar-refractivity contribution in [2.75, 3.05) is 19.6 Å². The third kappa shape index (κ3) is 3.06. The molecule has 2 aromatic heterocycles. The van der Waals surface area contributed by atoms with Gasteiger partial charge < -0.3 is 10.2 Å². The fraction of sp³-hybridized carbons (Fsp3) is 0.471. The first-order valence-electron chi connectivity index (χ1n) is 8.12. The number of amides is 2. The van der Waals surface area contributed by atoms with Crippen LogP contribution in [0.15, 0.2) is 24.4 Å². The van der Waals surface area contributed by atoms with Crippen molar-refractivity contribution < 1.29 is 9.59 Å². The van der Waals surface area contributed by atoms with E-state index in [1.54, 1.807) is 10.6 Å². The van der Waals surface area contributed by atoms with E-state index in [0.717, 1.165) is 25.9 Å². The number of rotatable bonds is 4. The Labute approximate surface area is 135 Å². The fourth-order valence-electron chi connectivity index (χ4n) is 2.80. The third-order valence-electron chi connectivity index (χ3n) is 4.02. The number of carbonyl (C=O) groups excluding carboxylic acids is 2. The van der Waals surface area contributed by atoms with Crippen molar-refractivity contribution in [1.82, 2.24) is 19.6 Å². The minimum atomic E-state index is -0.250. The molecule has 0 unspecified atom stereocenters.